The first kappa shape index (κ1) is 49.5. The number of hydrogen-bond donors (Lipinski definition) is 9. The number of carboxylic acid groups (broad SMARTS) is 1. The number of primary amides is 1. The molecule has 21 nitrogen and oxygen atoms in total. The number of amides is 7. The van der Waals surface area contributed by atoms with Gasteiger partial charge in [0.25, 0.3) is 35.2 Å². The lowest BCUT2D eigenvalue weighted by atomic mass is 10.1. The molecule has 6 aromatic carbocycles. The molecule has 21 heteroatoms. The van der Waals surface area contributed by atoms with Crippen LogP contribution in [0.25, 0.3) is 0 Å². The van der Waals surface area contributed by atoms with Gasteiger partial charge in [0.1, 0.15) is 6.04 Å². The molecule has 0 bridgehead atoms. The minimum absolute atomic E-state index is 0.0109. The quantitative estimate of drug-likeness (QED) is 0.0333. The van der Waals surface area contributed by atoms with Crippen molar-refractivity contribution in [2.75, 3.05) is 26.6 Å². The Morgan fingerprint density at radius 1 is 0.557 bits per heavy atom. The van der Waals surface area contributed by atoms with Crippen molar-refractivity contribution in [1.82, 2.24) is 5.32 Å². The molecule has 0 heterocycles. The standard InChI is InChI=1S/C49H42N8O13/c1-26(2)70-42-38(24-23-37(41(42)59)47(64)53-34-19-9-31(10-20-34)49(66)67)55-45(62)28-7-17-35(18-8-28)54-48(65)39(25-40(50)58)56-46(63)29-5-15-33(16-6-29)51-43(60)27-3-13-32(14-4-27)52-44(61)30-11-21-36(22-12-30)57(68)69/h3-24,26,39,59H,25H2,1-2H3,(H2,50,58)(H,51,60)(H,52,61)(H,53,64)(H,54,65)(H,55,62)(H,56,63)(H,66,67). The number of rotatable bonds is 18. The molecule has 7 amide bonds. The fraction of sp³-hybridized carbons (Fsp3) is 0.102. The topological polar surface area (TPSA) is 328 Å². The van der Waals surface area contributed by atoms with Crippen LogP contribution in [-0.2, 0) is 9.59 Å². The largest absolute Gasteiger partial charge is 0.504 e. The van der Waals surface area contributed by atoms with Crippen molar-refractivity contribution in [3.63, 3.8) is 0 Å². The summed E-state index contributed by atoms with van der Waals surface area (Å²) in [6.45, 7) is 3.34. The molecular weight excluding hydrogens is 909 g/mol. The molecule has 70 heavy (non-hydrogen) atoms. The minimum Gasteiger partial charge on any atom is -0.504 e. The molecule has 10 N–H and O–H groups in total. The predicted molar refractivity (Wildman–Crippen MR) is 255 cm³/mol. The number of carbonyl (C=O) groups is 8. The second-order valence-electron chi connectivity index (χ2n) is 15.4. The van der Waals surface area contributed by atoms with Crippen molar-refractivity contribution in [3.05, 3.63) is 177 Å². The molecule has 0 aliphatic heterocycles. The Morgan fingerprint density at radius 2 is 0.957 bits per heavy atom. The first-order valence-electron chi connectivity index (χ1n) is 20.9. The van der Waals surface area contributed by atoms with Gasteiger partial charge in [0.15, 0.2) is 11.5 Å². The van der Waals surface area contributed by atoms with Crippen molar-refractivity contribution in [3.8, 4) is 11.5 Å². The van der Waals surface area contributed by atoms with Crippen molar-refractivity contribution in [2.45, 2.75) is 32.4 Å². The SMILES string of the molecule is CC(C)Oc1c(NC(=O)c2ccc(NC(=O)C(CC(N)=O)NC(=O)c3ccc(NC(=O)c4ccc(NC(=O)c5ccc([N+](=O)[O-])cc5)cc4)cc3)cc2)ccc(C(=O)Nc2ccc(C(=O)O)cc2)c1O. The monoisotopic (exact) mass is 950 g/mol. The van der Waals surface area contributed by atoms with Gasteiger partial charge in [0.05, 0.1) is 34.3 Å². The smallest absolute Gasteiger partial charge is 0.335 e. The van der Waals surface area contributed by atoms with Gasteiger partial charge in [-0.1, -0.05) is 0 Å². The number of nitro groups is 1. The molecule has 0 aliphatic rings. The zero-order chi connectivity index (χ0) is 50.6. The van der Waals surface area contributed by atoms with E-state index in [1.54, 1.807) is 13.8 Å². The van der Waals surface area contributed by atoms with E-state index in [9.17, 15) is 53.6 Å². The average Bonchev–Trinajstić information content (AvgIpc) is 3.33. The number of phenolic OH excluding ortho intramolecular Hbond substituents is 1. The lowest BCUT2D eigenvalue weighted by Gasteiger charge is -2.19. The van der Waals surface area contributed by atoms with Gasteiger partial charge in [0, 0.05) is 57.1 Å². The van der Waals surface area contributed by atoms with Crippen LogP contribution in [0.5, 0.6) is 11.5 Å². The van der Waals surface area contributed by atoms with E-state index >= 15 is 0 Å². The summed E-state index contributed by atoms with van der Waals surface area (Å²) in [4.78, 5) is 112. The molecule has 0 radical (unpaired) electrons. The van der Waals surface area contributed by atoms with Crippen LogP contribution in [0.4, 0.5) is 34.1 Å². The Labute approximate surface area is 397 Å². The third-order valence-electron chi connectivity index (χ3n) is 9.96. The number of hydrogen-bond acceptors (Lipinski definition) is 12. The Kier molecular flexibility index (Phi) is 15.6. The molecule has 0 saturated carbocycles. The molecule has 1 atom stereocenters. The zero-order valence-electron chi connectivity index (χ0n) is 37.0. The number of nitro benzene ring substituents is 1. The minimum atomic E-state index is -1.43. The van der Waals surface area contributed by atoms with Crippen molar-refractivity contribution in [2.24, 2.45) is 5.73 Å². The average molecular weight is 951 g/mol. The first-order valence-corrected chi connectivity index (χ1v) is 20.9. The molecule has 6 rings (SSSR count). The summed E-state index contributed by atoms with van der Waals surface area (Å²) in [5.41, 5.74) is 6.80. The highest BCUT2D eigenvalue weighted by Crippen LogP contribution is 2.39. The number of aromatic hydroxyl groups is 1. The number of nitrogens with zero attached hydrogens (tertiary/aromatic N) is 1. The normalized spacial score (nSPS) is 11.0. The lowest BCUT2D eigenvalue weighted by Crippen LogP contribution is -2.46. The van der Waals surface area contributed by atoms with Gasteiger partial charge >= 0.3 is 5.97 Å². The van der Waals surface area contributed by atoms with E-state index in [4.69, 9.17) is 15.6 Å². The van der Waals surface area contributed by atoms with Gasteiger partial charge in [-0.25, -0.2) is 4.79 Å². The Hall–Kier alpha value is -9.92. The number of phenols is 1. The van der Waals surface area contributed by atoms with Crippen molar-refractivity contribution < 1.29 is 58.2 Å². The molecule has 0 fully saturated rings. The van der Waals surface area contributed by atoms with Crippen LogP contribution < -0.4 is 42.4 Å². The molecule has 0 spiro atoms. The number of anilines is 5. The number of benzene rings is 6. The van der Waals surface area contributed by atoms with Crippen LogP contribution in [0.2, 0.25) is 0 Å². The summed E-state index contributed by atoms with van der Waals surface area (Å²) >= 11 is 0. The molecule has 356 valence electrons. The maximum Gasteiger partial charge on any atom is 0.335 e. The number of ether oxygens (including phenoxy) is 1. The van der Waals surface area contributed by atoms with E-state index < -0.39 is 76.6 Å². The predicted octanol–water partition coefficient (Wildman–Crippen LogP) is 6.41. The highest BCUT2D eigenvalue weighted by Gasteiger charge is 2.25. The molecular formula is C49H42N8O13. The molecule has 1 unspecified atom stereocenters. The third-order valence-corrected chi connectivity index (χ3v) is 9.96. The molecule has 0 aromatic heterocycles. The van der Waals surface area contributed by atoms with Gasteiger partial charge in [-0.3, -0.25) is 43.7 Å². The molecule has 0 saturated heterocycles. The van der Waals surface area contributed by atoms with Crippen molar-refractivity contribution in [1.29, 1.82) is 0 Å². The van der Waals surface area contributed by atoms with E-state index in [0.717, 1.165) is 0 Å². The number of carbonyl (C=O) groups excluding carboxylic acids is 7. The first-order chi connectivity index (χ1) is 33.3. The number of nitrogens with two attached hydrogens (primary N) is 1. The van der Waals surface area contributed by atoms with E-state index in [1.807, 2.05) is 0 Å². The van der Waals surface area contributed by atoms with Gasteiger partial charge < -0.3 is 52.6 Å². The summed E-state index contributed by atoms with van der Waals surface area (Å²) in [5.74, 6) is -6.77. The van der Waals surface area contributed by atoms with E-state index in [-0.39, 0.29) is 61.9 Å². The maximum atomic E-state index is 13.4. The highest BCUT2D eigenvalue weighted by atomic mass is 16.6. The second kappa shape index (κ2) is 22.0. The molecule has 0 aliphatic carbocycles. The fourth-order valence-corrected chi connectivity index (χ4v) is 6.43. The van der Waals surface area contributed by atoms with E-state index in [0.29, 0.717) is 11.4 Å². The Morgan fingerprint density at radius 3 is 1.39 bits per heavy atom. The van der Waals surface area contributed by atoms with Gasteiger partial charge in [-0.05, 0) is 135 Å². The fourth-order valence-electron chi connectivity index (χ4n) is 6.43. The molecule has 6 aromatic rings. The third kappa shape index (κ3) is 12.9. The Bertz CT molecular complexity index is 3000. The van der Waals surface area contributed by atoms with Crippen LogP contribution in [0, 0.1) is 10.1 Å². The van der Waals surface area contributed by atoms with Gasteiger partial charge in [-0.15, -0.1) is 0 Å². The summed E-state index contributed by atoms with van der Waals surface area (Å²) in [6.07, 6.45) is -1.07. The maximum absolute atomic E-state index is 13.4. The number of aromatic carboxylic acids is 1. The van der Waals surface area contributed by atoms with Crippen LogP contribution in [-0.4, -0.2) is 74.6 Å². The summed E-state index contributed by atoms with van der Waals surface area (Å²) in [5, 5.41) is 46.7. The number of carboxylic acids is 1. The van der Waals surface area contributed by atoms with Crippen molar-refractivity contribution >= 4 is 81.4 Å². The highest BCUT2D eigenvalue weighted by molar-refractivity contribution is 6.10. The second-order valence-corrected chi connectivity index (χ2v) is 15.4. The lowest BCUT2D eigenvalue weighted by molar-refractivity contribution is -0.384. The van der Waals surface area contributed by atoms with Gasteiger partial charge in [0.2, 0.25) is 11.8 Å². The summed E-state index contributed by atoms with van der Waals surface area (Å²) in [7, 11) is 0. The van der Waals surface area contributed by atoms with E-state index in [1.165, 1.54) is 133 Å². The van der Waals surface area contributed by atoms with Crippen LogP contribution in [0.3, 0.4) is 0 Å². The van der Waals surface area contributed by atoms with E-state index in [2.05, 4.69) is 31.9 Å². The zero-order valence-corrected chi connectivity index (χ0v) is 37.0. The summed E-state index contributed by atoms with van der Waals surface area (Å²) < 4.78 is 5.77. The number of nitrogens with one attached hydrogen (secondary N) is 6. The Balaban J connectivity index is 1.03. The van der Waals surface area contributed by atoms with Crippen LogP contribution >= 0.6 is 0 Å². The summed E-state index contributed by atoms with van der Waals surface area (Å²) in [6, 6.07) is 28.7. The number of non-ortho nitro benzene ring substituents is 1. The van der Waals surface area contributed by atoms with Gasteiger partial charge in [-0.2, -0.15) is 0 Å². The van der Waals surface area contributed by atoms with Crippen LogP contribution in [0.15, 0.2) is 133 Å². The van der Waals surface area contributed by atoms with Crippen LogP contribution in [0.1, 0.15) is 82.4 Å².